The van der Waals surface area contributed by atoms with Gasteiger partial charge in [0.15, 0.2) is 5.16 Å². The molecule has 0 fully saturated rings. The van der Waals surface area contributed by atoms with Crippen LogP contribution < -0.4 is 0 Å². The van der Waals surface area contributed by atoms with E-state index in [-0.39, 0.29) is 5.75 Å². The molecule has 0 saturated carbocycles. The largest absolute Gasteiger partial charge is 0.481 e. The Kier molecular flexibility index (Phi) is 4.90. The van der Waals surface area contributed by atoms with E-state index in [2.05, 4.69) is 21.4 Å². The van der Waals surface area contributed by atoms with E-state index in [1.165, 1.54) is 11.8 Å². The maximum Gasteiger partial charge on any atom is 0.313 e. The van der Waals surface area contributed by atoms with Crippen molar-refractivity contribution in [1.82, 2.24) is 14.5 Å². The number of carboxylic acid groups (broad SMARTS) is 1. The number of fused-ring (bicyclic) bond motifs is 1. The third kappa shape index (κ3) is 3.57. The van der Waals surface area contributed by atoms with E-state index in [0.717, 1.165) is 28.3 Å². The minimum Gasteiger partial charge on any atom is -0.481 e. The van der Waals surface area contributed by atoms with Gasteiger partial charge in [-0.25, -0.2) is 4.98 Å². The number of rotatable bonds is 6. The molecule has 2 rings (SSSR count). The quantitative estimate of drug-likeness (QED) is 0.831. The number of carbonyl (C=O) groups is 1. The summed E-state index contributed by atoms with van der Waals surface area (Å²) in [5.74, 6) is -0.797. The third-order valence-electron chi connectivity index (χ3n) is 3.60. The molecule has 1 aromatic heterocycles. The van der Waals surface area contributed by atoms with Gasteiger partial charge in [-0.3, -0.25) is 4.79 Å². The summed E-state index contributed by atoms with van der Waals surface area (Å²) in [6.07, 6.45) is 0. The highest BCUT2D eigenvalue weighted by Gasteiger charge is 2.16. The van der Waals surface area contributed by atoms with Crippen LogP contribution in [0.2, 0.25) is 0 Å². The minimum absolute atomic E-state index is 0.0265. The first-order valence-electron chi connectivity index (χ1n) is 6.87. The fourth-order valence-corrected chi connectivity index (χ4v) is 2.84. The number of aliphatic carboxylic acids is 1. The van der Waals surface area contributed by atoms with Crippen LogP contribution in [0.25, 0.3) is 11.0 Å². The lowest BCUT2D eigenvalue weighted by Gasteiger charge is -2.21. The summed E-state index contributed by atoms with van der Waals surface area (Å²) in [5, 5.41) is 9.67. The molecule has 0 radical (unpaired) electrons. The number of hydrogen-bond acceptors (Lipinski definition) is 4. The van der Waals surface area contributed by atoms with Crippen molar-refractivity contribution in [2.75, 3.05) is 19.8 Å². The fraction of sp³-hybridized carbons (Fsp3) is 0.467. The Morgan fingerprint density at radius 1 is 1.48 bits per heavy atom. The van der Waals surface area contributed by atoms with Crippen LogP contribution in [0, 0.1) is 6.92 Å². The first-order valence-corrected chi connectivity index (χ1v) is 7.85. The molecule has 0 amide bonds. The van der Waals surface area contributed by atoms with Crippen molar-refractivity contribution >= 4 is 28.8 Å². The molecule has 0 aliphatic rings. The number of benzene rings is 1. The second-order valence-corrected chi connectivity index (χ2v) is 6.39. The van der Waals surface area contributed by atoms with Gasteiger partial charge in [-0.1, -0.05) is 23.9 Å². The van der Waals surface area contributed by atoms with E-state index >= 15 is 0 Å². The standard InChI is InChI=1S/C15H21N3O2S/c1-10-6-5-7-12-14(10)16-15(21-9-13(19)20)18(12)8-11(2)17(3)4/h5-7,11H,8-9H2,1-4H3,(H,19,20). The average molecular weight is 307 g/mol. The van der Waals surface area contributed by atoms with Gasteiger partial charge >= 0.3 is 5.97 Å². The Balaban J connectivity index is 2.44. The van der Waals surface area contributed by atoms with Crippen LogP contribution in [0.15, 0.2) is 23.4 Å². The molecule has 0 aliphatic heterocycles. The summed E-state index contributed by atoms with van der Waals surface area (Å²) in [6, 6.07) is 6.43. The van der Waals surface area contributed by atoms with Gasteiger partial charge in [0, 0.05) is 12.6 Å². The fourth-order valence-electron chi connectivity index (χ4n) is 2.11. The normalized spacial score (nSPS) is 13.0. The number of thioether (sulfide) groups is 1. The van der Waals surface area contributed by atoms with Crippen molar-refractivity contribution in [2.45, 2.75) is 31.6 Å². The summed E-state index contributed by atoms with van der Waals surface area (Å²) in [7, 11) is 4.08. The van der Waals surface area contributed by atoms with Crippen molar-refractivity contribution in [2.24, 2.45) is 0 Å². The van der Waals surface area contributed by atoms with Gasteiger partial charge in [-0.15, -0.1) is 0 Å². The topological polar surface area (TPSA) is 58.4 Å². The maximum absolute atomic E-state index is 10.8. The van der Waals surface area contributed by atoms with Gasteiger partial charge in [-0.2, -0.15) is 0 Å². The summed E-state index contributed by atoms with van der Waals surface area (Å²) < 4.78 is 2.13. The second-order valence-electron chi connectivity index (χ2n) is 5.44. The van der Waals surface area contributed by atoms with Gasteiger partial charge in [0.2, 0.25) is 0 Å². The molecule has 6 heteroatoms. The molecule has 1 heterocycles. The molecule has 114 valence electrons. The van der Waals surface area contributed by atoms with E-state index in [0.29, 0.717) is 6.04 Å². The monoisotopic (exact) mass is 307 g/mol. The van der Waals surface area contributed by atoms with Crippen LogP contribution in [0.3, 0.4) is 0 Å². The molecular weight excluding hydrogens is 286 g/mol. The second kappa shape index (κ2) is 6.49. The van der Waals surface area contributed by atoms with Gasteiger partial charge in [0.25, 0.3) is 0 Å². The Labute approximate surface area is 129 Å². The minimum atomic E-state index is -0.823. The molecular formula is C15H21N3O2S. The molecule has 1 aromatic carbocycles. The van der Waals surface area contributed by atoms with Gasteiger partial charge < -0.3 is 14.6 Å². The predicted molar refractivity (Wildman–Crippen MR) is 86.0 cm³/mol. The summed E-state index contributed by atoms with van der Waals surface area (Å²) in [4.78, 5) is 17.6. The first kappa shape index (κ1) is 15.9. The van der Waals surface area contributed by atoms with E-state index in [1.54, 1.807) is 0 Å². The third-order valence-corrected chi connectivity index (χ3v) is 4.56. The molecule has 0 saturated heterocycles. The number of carboxylic acids is 1. The van der Waals surface area contributed by atoms with Crippen molar-refractivity contribution in [1.29, 1.82) is 0 Å². The maximum atomic E-state index is 10.8. The highest BCUT2D eigenvalue weighted by Crippen LogP contribution is 2.26. The van der Waals surface area contributed by atoms with E-state index in [4.69, 9.17) is 5.11 Å². The lowest BCUT2D eigenvalue weighted by molar-refractivity contribution is -0.133. The molecule has 0 bridgehead atoms. The van der Waals surface area contributed by atoms with Crippen LogP contribution in [-0.2, 0) is 11.3 Å². The predicted octanol–water partition coefficient (Wildman–Crippen LogP) is 2.47. The van der Waals surface area contributed by atoms with E-state index < -0.39 is 5.97 Å². The first-order chi connectivity index (χ1) is 9.90. The molecule has 0 aliphatic carbocycles. The van der Waals surface area contributed by atoms with Crippen molar-refractivity contribution in [3.8, 4) is 0 Å². The number of hydrogen-bond donors (Lipinski definition) is 1. The zero-order chi connectivity index (χ0) is 15.6. The molecule has 1 atom stereocenters. The van der Waals surface area contributed by atoms with Crippen LogP contribution in [0.4, 0.5) is 0 Å². The van der Waals surface area contributed by atoms with Gasteiger partial charge in [0.1, 0.15) is 0 Å². The lowest BCUT2D eigenvalue weighted by atomic mass is 10.2. The SMILES string of the molecule is Cc1cccc2c1nc(SCC(=O)O)n2CC(C)N(C)C. The zero-order valence-corrected chi connectivity index (χ0v) is 13.6. The smallest absolute Gasteiger partial charge is 0.313 e. The van der Waals surface area contributed by atoms with Crippen LogP contribution in [0.1, 0.15) is 12.5 Å². The highest BCUT2D eigenvalue weighted by atomic mass is 32.2. The number of para-hydroxylation sites is 1. The Morgan fingerprint density at radius 3 is 2.81 bits per heavy atom. The zero-order valence-electron chi connectivity index (χ0n) is 12.8. The van der Waals surface area contributed by atoms with Crippen molar-refractivity contribution in [3.05, 3.63) is 23.8 Å². The van der Waals surface area contributed by atoms with Crippen molar-refractivity contribution in [3.63, 3.8) is 0 Å². The summed E-state index contributed by atoms with van der Waals surface area (Å²) >= 11 is 1.28. The van der Waals surface area contributed by atoms with Crippen LogP contribution >= 0.6 is 11.8 Å². The van der Waals surface area contributed by atoms with Gasteiger partial charge in [-0.05, 0) is 39.6 Å². The molecule has 5 nitrogen and oxygen atoms in total. The Bertz CT molecular complexity index is 652. The number of nitrogens with zero attached hydrogens (tertiary/aromatic N) is 3. The highest BCUT2D eigenvalue weighted by molar-refractivity contribution is 7.99. The van der Waals surface area contributed by atoms with Crippen LogP contribution in [0.5, 0.6) is 0 Å². The average Bonchev–Trinajstić information content (AvgIpc) is 2.76. The van der Waals surface area contributed by atoms with Crippen LogP contribution in [-0.4, -0.2) is 51.4 Å². The number of aryl methyl sites for hydroxylation is 1. The van der Waals surface area contributed by atoms with E-state index in [1.807, 2.05) is 39.2 Å². The molecule has 21 heavy (non-hydrogen) atoms. The number of imidazole rings is 1. The van der Waals surface area contributed by atoms with Crippen molar-refractivity contribution < 1.29 is 9.90 Å². The Hall–Kier alpha value is -1.53. The van der Waals surface area contributed by atoms with Gasteiger partial charge in [0.05, 0.1) is 16.8 Å². The lowest BCUT2D eigenvalue weighted by Crippen LogP contribution is -2.29. The molecule has 0 spiro atoms. The summed E-state index contributed by atoms with van der Waals surface area (Å²) in [5.41, 5.74) is 3.13. The molecule has 1 unspecified atom stereocenters. The molecule has 2 aromatic rings. The molecule has 1 N–H and O–H groups in total. The van der Waals surface area contributed by atoms with E-state index in [9.17, 15) is 4.79 Å². The number of aromatic nitrogens is 2. The summed E-state index contributed by atoms with van der Waals surface area (Å²) in [6.45, 7) is 4.96. The Morgan fingerprint density at radius 2 is 2.19 bits per heavy atom. The number of likely N-dealkylation sites (N-methyl/N-ethyl adjacent to an activating group) is 1.